The van der Waals surface area contributed by atoms with Crippen LogP contribution in [0.5, 0.6) is 0 Å². The minimum Gasteiger partial charge on any atom is -0.285 e. The second-order valence-corrected chi connectivity index (χ2v) is 5.33. The van der Waals surface area contributed by atoms with E-state index in [0.717, 1.165) is 11.1 Å². The van der Waals surface area contributed by atoms with Gasteiger partial charge in [0.15, 0.2) is 25.1 Å². The zero-order chi connectivity index (χ0) is 13.0. The van der Waals surface area contributed by atoms with Crippen molar-refractivity contribution in [3.8, 4) is 11.1 Å². The van der Waals surface area contributed by atoms with Crippen molar-refractivity contribution in [2.75, 3.05) is 5.75 Å². The molecule has 2 heterocycles. The lowest BCUT2D eigenvalue weighted by Gasteiger charge is -1.97. The zero-order valence-electron chi connectivity index (χ0n) is 9.52. The van der Waals surface area contributed by atoms with Crippen LogP contribution in [-0.4, -0.2) is 23.8 Å². The Balaban J connectivity index is 2.11. The molecular formula is C11H13N3O3S+2. The van der Waals surface area contributed by atoms with Gasteiger partial charge in [-0.3, -0.25) is 4.55 Å². The lowest BCUT2D eigenvalue weighted by molar-refractivity contribution is -0.750. The summed E-state index contributed by atoms with van der Waals surface area (Å²) in [6.45, 7) is 0.127. The summed E-state index contributed by atoms with van der Waals surface area (Å²) in [6.07, 6.45) is 6.96. The molecule has 0 unspecified atom stereocenters. The zero-order valence-corrected chi connectivity index (χ0v) is 10.3. The molecule has 7 heteroatoms. The Hall–Kier alpha value is -1.86. The van der Waals surface area contributed by atoms with Crippen LogP contribution in [0.25, 0.3) is 11.1 Å². The van der Waals surface area contributed by atoms with Gasteiger partial charge in [0.2, 0.25) is 0 Å². The second-order valence-electron chi connectivity index (χ2n) is 3.75. The Kier molecular flexibility index (Phi) is 3.63. The van der Waals surface area contributed by atoms with Gasteiger partial charge < -0.3 is 0 Å². The molecule has 0 aliphatic rings. The van der Waals surface area contributed by atoms with E-state index in [1.165, 1.54) is 4.68 Å². The molecule has 0 aliphatic heterocycles. The van der Waals surface area contributed by atoms with Crippen molar-refractivity contribution < 1.29 is 22.6 Å². The lowest BCUT2D eigenvalue weighted by atomic mass is 10.1. The number of nitrogens with zero attached hydrogens (tertiary/aromatic N) is 2. The Bertz CT molecular complexity index is 612. The maximum Gasteiger partial charge on any atom is 0.271 e. The quantitative estimate of drug-likeness (QED) is 0.611. The number of hydrogen-bond acceptors (Lipinski definition) is 3. The molecule has 0 radical (unpaired) electrons. The van der Waals surface area contributed by atoms with Gasteiger partial charge >= 0.3 is 0 Å². The fourth-order valence-corrected chi connectivity index (χ4v) is 1.89. The van der Waals surface area contributed by atoms with Crippen LogP contribution >= 0.6 is 0 Å². The Morgan fingerprint density at radius 2 is 1.94 bits per heavy atom. The lowest BCUT2D eigenvalue weighted by Crippen LogP contribution is -2.40. The normalized spacial score (nSPS) is 11.4. The largest absolute Gasteiger partial charge is 0.285 e. The molecule has 6 nitrogen and oxygen atoms in total. The monoisotopic (exact) mass is 267 g/mol. The molecule has 94 valence electrons. The van der Waals surface area contributed by atoms with Crippen molar-refractivity contribution in [3.63, 3.8) is 0 Å². The third-order valence-corrected chi connectivity index (χ3v) is 3.10. The van der Waals surface area contributed by atoms with E-state index in [1.807, 2.05) is 30.6 Å². The predicted molar refractivity (Wildman–Crippen MR) is 62.8 cm³/mol. The number of nitrogens with one attached hydrogen (secondary N) is 1. The van der Waals surface area contributed by atoms with Gasteiger partial charge in [-0.2, -0.15) is 8.42 Å². The first-order chi connectivity index (χ1) is 8.54. The molecule has 0 saturated heterocycles. The Morgan fingerprint density at radius 1 is 1.22 bits per heavy atom. The van der Waals surface area contributed by atoms with Crippen molar-refractivity contribution in [3.05, 3.63) is 43.0 Å². The van der Waals surface area contributed by atoms with E-state index in [0.29, 0.717) is 0 Å². The standard InChI is InChI=1S/C11H11N3O3S/c15-18(16,17)8-7-14-6-3-11(9-13-14)10-1-4-12-5-2-10/h1-6,9H,7-8H2/p+2. The highest BCUT2D eigenvalue weighted by Crippen LogP contribution is 2.13. The molecule has 2 rings (SSSR count). The molecular weight excluding hydrogens is 254 g/mol. The summed E-state index contributed by atoms with van der Waals surface area (Å²) >= 11 is 0. The molecule has 2 aromatic rings. The van der Waals surface area contributed by atoms with Gasteiger partial charge in [0.25, 0.3) is 10.1 Å². The number of aryl methyl sites for hydroxylation is 1. The third kappa shape index (κ3) is 3.57. The summed E-state index contributed by atoms with van der Waals surface area (Å²) in [6, 6.07) is 5.67. The third-order valence-electron chi connectivity index (χ3n) is 2.40. The molecule has 0 atom stereocenters. The van der Waals surface area contributed by atoms with Gasteiger partial charge in [0.1, 0.15) is 11.9 Å². The van der Waals surface area contributed by atoms with Crippen LogP contribution in [0.4, 0.5) is 0 Å². The summed E-state index contributed by atoms with van der Waals surface area (Å²) in [5.74, 6) is -0.343. The second kappa shape index (κ2) is 5.19. The summed E-state index contributed by atoms with van der Waals surface area (Å²) < 4.78 is 31.3. The molecule has 2 aromatic heterocycles. The van der Waals surface area contributed by atoms with Crippen molar-refractivity contribution >= 4 is 10.1 Å². The highest BCUT2D eigenvalue weighted by molar-refractivity contribution is 7.85. The van der Waals surface area contributed by atoms with Gasteiger partial charge in [0, 0.05) is 23.8 Å². The van der Waals surface area contributed by atoms with E-state index in [9.17, 15) is 8.42 Å². The average Bonchev–Trinajstić information content (AvgIpc) is 2.37. The number of pyridine rings is 1. The van der Waals surface area contributed by atoms with Gasteiger partial charge in [0.05, 0.1) is 0 Å². The number of aromatic amines is 1. The summed E-state index contributed by atoms with van der Waals surface area (Å²) in [5, 5.41) is 4.09. The highest BCUT2D eigenvalue weighted by atomic mass is 32.2. The maximum atomic E-state index is 10.6. The van der Waals surface area contributed by atoms with Crippen molar-refractivity contribution in [2.45, 2.75) is 6.54 Å². The fraction of sp³-hybridized carbons (Fsp3) is 0.182. The number of aromatic nitrogens is 3. The summed E-state index contributed by atoms with van der Waals surface area (Å²) in [7, 11) is -3.95. The minimum absolute atomic E-state index is 0.127. The molecule has 0 fully saturated rings. The topological polar surface area (TPSA) is 85.3 Å². The molecule has 0 amide bonds. The first-order valence-corrected chi connectivity index (χ1v) is 6.93. The smallest absolute Gasteiger partial charge is 0.271 e. The SMILES string of the molecule is O=S(=O)(O)CC[n+]1ccc(-c2cc[nH+]cc2)cn1. The maximum absolute atomic E-state index is 10.6. The van der Waals surface area contributed by atoms with Gasteiger partial charge in [-0.1, -0.05) is 4.68 Å². The van der Waals surface area contributed by atoms with E-state index in [4.69, 9.17) is 4.55 Å². The summed E-state index contributed by atoms with van der Waals surface area (Å²) in [5.41, 5.74) is 1.95. The van der Waals surface area contributed by atoms with Crippen LogP contribution in [0.3, 0.4) is 0 Å². The van der Waals surface area contributed by atoms with E-state index >= 15 is 0 Å². The average molecular weight is 267 g/mol. The van der Waals surface area contributed by atoms with Crippen LogP contribution < -0.4 is 9.67 Å². The van der Waals surface area contributed by atoms with Crippen LogP contribution in [0, 0.1) is 0 Å². The van der Waals surface area contributed by atoms with Crippen LogP contribution in [0.15, 0.2) is 43.0 Å². The van der Waals surface area contributed by atoms with Crippen LogP contribution in [0.1, 0.15) is 0 Å². The molecule has 0 aliphatic carbocycles. The van der Waals surface area contributed by atoms with E-state index in [-0.39, 0.29) is 12.3 Å². The van der Waals surface area contributed by atoms with Crippen molar-refractivity contribution in [2.24, 2.45) is 0 Å². The van der Waals surface area contributed by atoms with Crippen LogP contribution in [-0.2, 0) is 16.7 Å². The number of hydrogen-bond donors (Lipinski definition) is 1. The highest BCUT2D eigenvalue weighted by Gasteiger charge is 2.11. The van der Waals surface area contributed by atoms with E-state index in [2.05, 4.69) is 10.1 Å². The van der Waals surface area contributed by atoms with Crippen molar-refractivity contribution in [1.82, 2.24) is 5.10 Å². The minimum atomic E-state index is -3.95. The van der Waals surface area contributed by atoms with Gasteiger partial charge in [-0.05, 0) is 10.7 Å². The van der Waals surface area contributed by atoms with Crippen molar-refractivity contribution in [1.29, 1.82) is 0 Å². The molecule has 18 heavy (non-hydrogen) atoms. The Labute approximate surface area is 105 Å². The summed E-state index contributed by atoms with van der Waals surface area (Å²) in [4.78, 5) is 2.93. The Morgan fingerprint density at radius 3 is 2.50 bits per heavy atom. The number of rotatable bonds is 4. The van der Waals surface area contributed by atoms with E-state index < -0.39 is 10.1 Å². The molecule has 0 saturated carbocycles. The number of H-pyrrole nitrogens is 1. The molecule has 0 aromatic carbocycles. The first-order valence-electron chi connectivity index (χ1n) is 5.32. The van der Waals surface area contributed by atoms with Gasteiger partial charge in [-0.25, -0.2) is 4.98 Å². The van der Waals surface area contributed by atoms with E-state index in [1.54, 1.807) is 12.4 Å². The molecule has 0 spiro atoms. The predicted octanol–water partition coefficient (Wildman–Crippen LogP) is -0.262. The fourth-order valence-electron chi connectivity index (χ4n) is 1.48. The first kappa shape index (κ1) is 12.6. The van der Waals surface area contributed by atoms with Crippen LogP contribution in [0.2, 0.25) is 0 Å². The molecule has 2 N–H and O–H groups in total. The van der Waals surface area contributed by atoms with Gasteiger partial charge in [-0.15, -0.1) is 0 Å². The molecule has 0 bridgehead atoms.